The topological polar surface area (TPSA) is 97.6 Å². The number of furan rings is 1. The van der Waals surface area contributed by atoms with Crippen LogP contribution in [0.25, 0.3) is 0 Å². The van der Waals surface area contributed by atoms with Crippen LogP contribution in [0.2, 0.25) is 0 Å². The van der Waals surface area contributed by atoms with Gasteiger partial charge >= 0.3 is 0 Å². The average molecular weight is 493 g/mol. The Bertz CT molecular complexity index is 1100. The largest absolute Gasteiger partial charge is 0.483 e. The van der Waals surface area contributed by atoms with Crippen molar-refractivity contribution in [1.82, 2.24) is 4.72 Å². The number of rotatable bonds is 8. The van der Waals surface area contributed by atoms with Gasteiger partial charge in [0.15, 0.2) is 6.61 Å². The van der Waals surface area contributed by atoms with Gasteiger partial charge in [-0.05, 0) is 73.5 Å². The second-order valence-electron chi connectivity index (χ2n) is 6.63. The van der Waals surface area contributed by atoms with Crippen LogP contribution in [0.5, 0.6) is 5.75 Å². The van der Waals surface area contributed by atoms with Crippen LogP contribution in [0.4, 0.5) is 5.69 Å². The molecule has 0 atom stereocenters. The van der Waals surface area contributed by atoms with Crippen molar-refractivity contribution in [3.8, 4) is 5.75 Å². The number of sulfonamides is 1. The maximum Gasteiger partial charge on any atom is 0.262 e. The number of carbonyl (C=O) groups excluding carboxylic acids is 1. The summed E-state index contributed by atoms with van der Waals surface area (Å²) in [6.07, 6.45) is 1.48. The third-order valence-electron chi connectivity index (χ3n) is 4.24. The Kier molecular flexibility index (Phi) is 6.96. The molecule has 158 valence electrons. The second kappa shape index (κ2) is 9.46. The fourth-order valence-electron chi connectivity index (χ4n) is 2.84. The van der Waals surface area contributed by atoms with E-state index in [1.54, 1.807) is 12.1 Å². The van der Waals surface area contributed by atoms with Crippen molar-refractivity contribution < 1.29 is 22.4 Å². The van der Waals surface area contributed by atoms with Gasteiger partial charge in [0.2, 0.25) is 10.0 Å². The summed E-state index contributed by atoms with van der Waals surface area (Å²) >= 11 is 3.42. The number of carbonyl (C=O) groups is 1. The quantitative estimate of drug-likeness (QED) is 0.491. The molecule has 7 nitrogen and oxygen atoms in total. The maximum absolute atomic E-state index is 12.3. The van der Waals surface area contributed by atoms with E-state index in [4.69, 9.17) is 9.15 Å². The van der Waals surface area contributed by atoms with Crippen molar-refractivity contribution in [1.29, 1.82) is 0 Å². The Hall–Kier alpha value is -2.62. The first-order chi connectivity index (χ1) is 14.2. The van der Waals surface area contributed by atoms with Gasteiger partial charge in [-0.1, -0.05) is 15.9 Å². The van der Waals surface area contributed by atoms with E-state index >= 15 is 0 Å². The highest BCUT2D eigenvalue weighted by molar-refractivity contribution is 9.10. The summed E-state index contributed by atoms with van der Waals surface area (Å²) in [5, 5.41) is 2.69. The fourth-order valence-corrected chi connectivity index (χ4v) is 4.52. The van der Waals surface area contributed by atoms with Crippen LogP contribution in [0.1, 0.15) is 16.9 Å². The summed E-state index contributed by atoms with van der Waals surface area (Å²) in [6.45, 7) is 3.71. The van der Waals surface area contributed by atoms with Crippen LogP contribution in [0.3, 0.4) is 0 Å². The molecule has 2 N–H and O–H groups in total. The highest BCUT2D eigenvalue weighted by atomic mass is 79.9. The molecule has 0 aliphatic carbocycles. The Balaban J connectivity index is 1.56. The van der Waals surface area contributed by atoms with Crippen molar-refractivity contribution in [2.75, 3.05) is 11.9 Å². The lowest BCUT2D eigenvalue weighted by atomic mass is 10.1. The van der Waals surface area contributed by atoms with Gasteiger partial charge in [-0.3, -0.25) is 4.79 Å². The molecule has 30 heavy (non-hydrogen) atoms. The Morgan fingerprint density at radius 3 is 2.37 bits per heavy atom. The molecule has 0 radical (unpaired) electrons. The van der Waals surface area contributed by atoms with E-state index in [2.05, 4.69) is 26.0 Å². The number of amides is 1. The van der Waals surface area contributed by atoms with Crippen LogP contribution in [0.15, 0.2) is 68.6 Å². The molecule has 0 aliphatic heterocycles. The molecule has 9 heteroatoms. The number of halogens is 1. The Morgan fingerprint density at radius 2 is 1.77 bits per heavy atom. The number of ether oxygens (including phenoxy) is 1. The third kappa shape index (κ3) is 5.71. The van der Waals surface area contributed by atoms with E-state index in [9.17, 15) is 13.2 Å². The van der Waals surface area contributed by atoms with Gasteiger partial charge in [0, 0.05) is 10.2 Å². The fraction of sp³-hybridized carbons (Fsp3) is 0.190. The number of benzene rings is 2. The molecule has 0 fully saturated rings. The predicted octanol–water partition coefficient (Wildman–Crippen LogP) is 4.15. The molecule has 0 saturated carbocycles. The minimum Gasteiger partial charge on any atom is -0.483 e. The lowest BCUT2D eigenvalue weighted by Gasteiger charge is -2.13. The van der Waals surface area contributed by atoms with Gasteiger partial charge in [0.25, 0.3) is 5.91 Å². The minimum absolute atomic E-state index is 0.0556. The molecular formula is C21H21BrN2O5S. The van der Waals surface area contributed by atoms with Gasteiger partial charge in [-0.15, -0.1) is 0 Å². The monoisotopic (exact) mass is 492 g/mol. The molecule has 0 aliphatic rings. The molecule has 2 aromatic carbocycles. The zero-order chi connectivity index (χ0) is 21.7. The summed E-state index contributed by atoms with van der Waals surface area (Å²) < 4.78 is 38.9. The number of hydrogen-bond donors (Lipinski definition) is 2. The lowest BCUT2D eigenvalue weighted by molar-refractivity contribution is -0.118. The van der Waals surface area contributed by atoms with Gasteiger partial charge < -0.3 is 14.5 Å². The van der Waals surface area contributed by atoms with Crippen molar-refractivity contribution in [3.05, 3.63) is 76.2 Å². The zero-order valence-corrected chi connectivity index (χ0v) is 18.8. The van der Waals surface area contributed by atoms with Crippen LogP contribution in [-0.2, 0) is 21.4 Å². The number of nitrogens with one attached hydrogen (secondary N) is 2. The first-order valence-electron chi connectivity index (χ1n) is 9.06. The Labute approximate surface area is 183 Å². The summed E-state index contributed by atoms with van der Waals surface area (Å²) in [7, 11) is -3.69. The van der Waals surface area contributed by atoms with Crippen LogP contribution < -0.4 is 14.8 Å². The van der Waals surface area contributed by atoms with E-state index in [-0.39, 0.29) is 24.0 Å². The number of aryl methyl sites for hydroxylation is 2. The van der Waals surface area contributed by atoms with Gasteiger partial charge in [0.05, 0.1) is 17.7 Å². The van der Waals surface area contributed by atoms with Crippen molar-refractivity contribution in [2.45, 2.75) is 25.3 Å². The molecule has 3 aromatic rings. The second-order valence-corrected chi connectivity index (χ2v) is 9.32. The van der Waals surface area contributed by atoms with Crippen LogP contribution >= 0.6 is 15.9 Å². The van der Waals surface area contributed by atoms with E-state index in [1.807, 2.05) is 26.0 Å². The summed E-state index contributed by atoms with van der Waals surface area (Å²) in [4.78, 5) is 12.3. The van der Waals surface area contributed by atoms with E-state index in [0.29, 0.717) is 17.2 Å². The number of hydrogen-bond acceptors (Lipinski definition) is 5. The molecule has 0 bridgehead atoms. The first-order valence-corrected chi connectivity index (χ1v) is 11.3. The molecular weight excluding hydrogens is 472 g/mol. The average Bonchev–Trinajstić information content (AvgIpc) is 3.20. The first kappa shape index (κ1) is 22.1. The van der Waals surface area contributed by atoms with E-state index in [1.165, 1.54) is 30.5 Å². The summed E-state index contributed by atoms with van der Waals surface area (Å²) in [5.74, 6) is 0.833. The van der Waals surface area contributed by atoms with Gasteiger partial charge in [-0.25, -0.2) is 13.1 Å². The van der Waals surface area contributed by atoms with Crippen molar-refractivity contribution in [2.24, 2.45) is 0 Å². The van der Waals surface area contributed by atoms with Crippen molar-refractivity contribution >= 4 is 37.5 Å². The smallest absolute Gasteiger partial charge is 0.262 e. The lowest BCUT2D eigenvalue weighted by Crippen LogP contribution is -2.23. The molecule has 0 unspecified atom stereocenters. The molecule has 1 heterocycles. The molecule has 1 amide bonds. The highest BCUT2D eigenvalue weighted by Gasteiger charge is 2.15. The standard InChI is InChI=1S/C21H21BrN2O5S/c1-14-10-16(22)11-15(2)21(14)29-13-20(25)24-17-5-7-19(8-6-17)30(26,27)23-12-18-4-3-9-28-18/h3-11,23H,12-13H2,1-2H3,(H,24,25). The third-order valence-corrected chi connectivity index (χ3v) is 6.11. The zero-order valence-electron chi connectivity index (χ0n) is 16.4. The van der Waals surface area contributed by atoms with E-state index < -0.39 is 10.0 Å². The highest BCUT2D eigenvalue weighted by Crippen LogP contribution is 2.27. The van der Waals surface area contributed by atoms with Gasteiger partial charge in [0.1, 0.15) is 11.5 Å². The van der Waals surface area contributed by atoms with Gasteiger partial charge in [-0.2, -0.15) is 0 Å². The molecule has 0 saturated heterocycles. The normalized spacial score (nSPS) is 11.3. The number of anilines is 1. The molecule has 1 aromatic heterocycles. The Morgan fingerprint density at radius 1 is 1.10 bits per heavy atom. The van der Waals surface area contributed by atoms with Crippen LogP contribution in [0, 0.1) is 13.8 Å². The van der Waals surface area contributed by atoms with Crippen LogP contribution in [-0.4, -0.2) is 20.9 Å². The summed E-state index contributed by atoms with van der Waals surface area (Å²) in [6, 6.07) is 13.1. The SMILES string of the molecule is Cc1cc(Br)cc(C)c1OCC(=O)Nc1ccc(S(=O)(=O)NCc2ccco2)cc1. The van der Waals surface area contributed by atoms with Crippen molar-refractivity contribution in [3.63, 3.8) is 0 Å². The summed E-state index contributed by atoms with van der Waals surface area (Å²) in [5.41, 5.74) is 2.32. The molecule has 0 spiro atoms. The molecule has 3 rings (SSSR count). The predicted molar refractivity (Wildman–Crippen MR) is 117 cm³/mol. The minimum atomic E-state index is -3.69. The van der Waals surface area contributed by atoms with E-state index in [0.717, 1.165) is 15.6 Å². The maximum atomic E-state index is 12.3.